The topological polar surface area (TPSA) is 97.3 Å². The number of rotatable bonds is 5. The van der Waals surface area contributed by atoms with Crippen LogP contribution in [0, 0.1) is 0 Å². The first-order valence-corrected chi connectivity index (χ1v) is 12.8. The standard InChI is InChI=1S/C26H25N3O5S/c30-26(20-9-6-10-21(17-20)35(31,32)29-13-15-33-16-14-29)28-27-23-18-25(19-7-2-1-3-8-19)34-24-12-5-4-11-22(23)24/h1-12,17,25H,13-16,18H2,(H,28,30)/b27-23+. The molecule has 2 aliphatic rings. The van der Waals surface area contributed by atoms with Gasteiger partial charge in [-0.3, -0.25) is 4.79 Å². The van der Waals surface area contributed by atoms with E-state index in [9.17, 15) is 13.2 Å². The second-order valence-corrected chi connectivity index (χ2v) is 10.2. The Hall–Kier alpha value is -3.53. The van der Waals surface area contributed by atoms with E-state index in [0.29, 0.717) is 31.1 Å². The summed E-state index contributed by atoms with van der Waals surface area (Å²) < 4.78 is 38.7. The van der Waals surface area contributed by atoms with E-state index >= 15 is 0 Å². The Bertz CT molecular complexity index is 1350. The molecule has 35 heavy (non-hydrogen) atoms. The molecule has 3 aromatic carbocycles. The fraction of sp³-hybridized carbons (Fsp3) is 0.231. The van der Waals surface area contributed by atoms with Crippen LogP contribution in [0.4, 0.5) is 0 Å². The number of carbonyl (C=O) groups excluding carboxylic acids is 1. The average Bonchev–Trinajstić information content (AvgIpc) is 2.92. The van der Waals surface area contributed by atoms with Gasteiger partial charge in [0.2, 0.25) is 10.0 Å². The number of nitrogens with zero attached hydrogens (tertiary/aromatic N) is 2. The molecule has 9 heteroatoms. The number of morpholine rings is 1. The molecule has 5 rings (SSSR count). The van der Waals surface area contributed by atoms with Crippen molar-refractivity contribution in [3.63, 3.8) is 0 Å². The van der Waals surface area contributed by atoms with E-state index in [0.717, 1.165) is 11.1 Å². The van der Waals surface area contributed by atoms with E-state index in [1.807, 2.05) is 54.6 Å². The summed E-state index contributed by atoms with van der Waals surface area (Å²) in [7, 11) is -3.71. The largest absolute Gasteiger partial charge is 0.485 e. The van der Waals surface area contributed by atoms with Crippen molar-refractivity contribution >= 4 is 21.6 Å². The minimum Gasteiger partial charge on any atom is -0.485 e. The highest BCUT2D eigenvalue weighted by atomic mass is 32.2. The van der Waals surface area contributed by atoms with Gasteiger partial charge in [0.05, 0.1) is 23.8 Å². The summed E-state index contributed by atoms with van der Waals surface area (Å²) in [5, 5.41) is 4.42. The summed E-state index contributed by atoms with van der Waals surface area (Å²) in [6, 6.07) is 23.4. The lowest BCUT2D eigenvalue weighted by Gasteiger charge is -2.27. The lowest BCUT2D eigenvalue weighted by molar-refractivity contribution is 0.0730. The minimum atomic E-state index is -3.71. The smallest absolute Gasteiger partial charge is 0.271 e. The zero-order valence-corrected chi connectivity index (χ0v) is 19.8. The Morgan fingerprint density at radius 1 is 0.943 bits per heavy atom. The first kappa shape index (κ1) is 23.2. The van der Waals surface area contributed by atoms with Gasteiger partial charge in [-0.15, -0.1) is 0 Å². The van der Waals surface area contributed by atoms with Crippen molar-refractivity contribution in [1.29, 1.82) is 0 Å². The molecule has 0 bridgehead atoms. The van der Waals surface area contributed by atoms with Gasteiger partial charge in [-0.1, -0.05) is 48.5 Å². The second kappa shape index (κ2) is 9.99. The molecule has 1 atom stereocenters. The van der Waals surface area contributed by atoms with Gasteiger partial charge in [0, 0.05) is 30.6 Å². The highest BCUT2D eigenvalue weighted by molar-refractivity contribution is 7.89. The maximum absolute atomic E-state index is 13.0. The number of hydrazone groups is 1. The monoisotopic (exact) mass is 491 g/mol. The van der Waals surface area contributed by atoms with Crippen molar-refractivity contribution in [2.45, 2.75) is 17.4 Å². The Morgan fingerprint density at radius 3 is 2.49 bits per heavy atom. The van der Waals surface area contributed by atoms with Crippen LogP contribution in [0.25, 0.3) is 0 Å². The summed E-state index contributed by atoms with van der Waals surface area (Å²) in [6.45, 7) is 1.28. The molecular formula is C26H25N3O5S. The van der Waals surface area contributed by atoms with Crippen LogP contribution in [-0.4, -0.2) is 50.6 Å². The molecule has 2 aliphatic heterocycles. The molecule has 0 saturated carbocycles. The van der Waals surface area contributed by atoms with E-state index in [4.69, 9.17) is 9.47 Å². The number of hydrogen-bond acceptors (Lipinski definition) is 6. The van der Waals surface area contributed by atoms with Crippen molar-refractivity contribution in [3.05, 3.63) is 95.6 Å². The van der Waals surface area contributed by atoms with Gasteiger partial charge in [-0.05, 0) is 35.9 Å². The molecule has 180 valence electrons. The summed E-state index contributed by atoms with van der Waals surface area (Å²) in [5.74, 6) is 0.205. The number of sulfonamides is 1. The third-order valence-corrected chi connectivity index (χ3v) is 7.91. The van der Waals surface area contributed by atoms with Crippen molar-refractivity contribution in [2.75, 3.05) is 26.3 Å². The number of amides is 1. The average molecular weight is 492 g/mol. The number of nitrogens with one attached hydrogen (secondary N) is 1. The maximum atomic E-state index is 13.0. The molecule has 1 unspecified atom stereocenters. The van der Waals surface area contributed by atoms with Crippen LogP contribution in [0.5, 0.6) is 5.75 Å². The summed E-state index contributed by atoms with van der Waals surface area (Å²) in [5.41, 5.74) is 5.33. The summed E-state index contributed by atoms with van der Waals surface area (Å²) >= 11 is 0. The number of para-hydroxylation sites is 1. The molecule has 8 nitrogen and oxygen atoms in total. The molecule has 1 saturated heterocycles. The van der Waals surface area contributed by atoms with Crippen molar-refractivity contribution < 1.29 is 22.7 Å². The highest BCUT2D eigenvalue weighted by Crippen LogP contribution is 2.35. The normalized spacial score (nSPS) is 19.5. The van der Waals surface area contributed by atoms with Crippen molar-refractivity contribution in [2.24, 2.45) is 5.10 Å². The number of benzene rings is 3. The van der Waals surface area contributed by atoms with Gasteiger partial charge >= 0.3 is 0 Å². The zero-order valence-electron chi connectivity index (χ0n) is 19.0. The fourth-order valence-corrected chi connectivity index (χ4v) is 5.62. The van der Waals surface area contributed by atoms with E-state index < -0.39 is 15.9 Å². The Labute approximate surface area is 204 Å². The quantitative estimate of drug-likeness (QED) is 0.552. The minimum absolute atomic E-state index is 0.0697. The number of hydrogen-bond donors (Lipinski definition) is 1. The SMILES string of the molecule is O=C(N/N=C1\CC(c2ccccc2)Oc2ccccc21)c1cccc(S(=O)(=O)N2CCOCC2)c1. The molecule has 1 N–H and O–H groups in total. The Morgan fingerprint density at radius 2 is 1.69 bits per heavy atom. The Kier molecular flexibility index (Phi) is 6.63. The molecule has 0 spiro atoms. The van der Waals surface area contributed by atoms with E-state index in [1.165, 1.54) is 16.4 Å². The van der Waals surface area contributed by atoms with E-state index in [1.54, 1.807) is 12.1 Å². The van der Waals surface area contributed by atoms with Crippen LogP contribution in [0.15, 0.2) is 88.9 Å². The van der Waals surface area contributed by atoms with Crippen LogP contribution < -0.4 is 10.2 Å². The molecular weight excluding hydrogens is 466 g/mol. The first-order valence-electron chi connectivity index (χ1n) is 11.4. The van der Waals surface area contributed by atoms with Crippen LogP contribution in [0.2, 0.25) is 0 Å². The van der Waals surface area contributed by atoms with Crippen molar-refractivity contribution in [3.8, 4) is 5.75 Å². The predicted molar refractivity (Wildman–Crippen MR) is 131 cm³/mol. The van der Waals surface area contributed by atoms with Crippen molar-refractivity contribution in [1.82, 2.24) is 9.73 Å². The first-order chi connectivity index (χ1) is 17.0. The second-order valence-electron chi connectivity index (χ2n) is 8.26. The number of fused-ring (bicyclic) bond motifs is 1. The third kappa shape index (κ3) is 4.97. The molecule has 0 aromatic heterocycles. The third-order valence-electron chi connectivity index (χ3n) is 6.01. The molecule has 0 aliphatic carbocycles. The molecule has 1 amide bonds. The van der Waals surface area contributed by atoms with Gasteiger partial charge in [-0.25, -0.2) is 13.8 Å². The fourth-order valence-electron chi connectivity index (χ4n) is 4.16. The lowest BCUT2D eigenvalue weighted by atomic mass is 9.96. The Balaban J connectivity index is 1.38. The molecule has 2 heterocycles. The lowest BCUT2D eigenvalue weighted by Crippen LogP contribution is -2.40. The summed E-state index contributed by atoms with van der Waals surface area (Å²) in [6.07, 6.45) is 0.246. The van der Waals surface area contributed by atoms with Gasteiger partial charge in [0.25, 0.3) is 5.91 Å². The van der Waals surface area contributed by atoms with Gasteiger partial charge in [0.15, 0.2) is 0 Å². The molecule has 0 radical (unpaired) electrons. The summed E-state index contributed by atoms with van der Waals surface area (Å²) in [4.78, 5) is 13.0. The van der Waals surface area contributed by atoms with E-state index in [-0.39, 0.29) is 29.7 Å². The van der Waals surface area contributed by atoms with Gasteiger partial charge in [0.1, 0.15) is 11.9 Å². The molecule has 3 aromatic rings. The number of carbonyl (C=O) groups is 1. The predicted octanol–water partition coefficient (Wildman–Crippen LogP) is 3.37. The zero-order chi connectivity index (χ0) is 24.3. The molecule has 1 fully saturated rings. The maximum Gasteiger partial charge on any atom is 0.271 e. The number of ether oxygens (including phenoxy) is 2. The van der Waals surface area contributed by atoms with Gasteiger partial charge in [-0.2, -0.15) is 9.41 Å². The van der Waals surface area contributed by atoms with Crippen LogP contribution in [-0.2, 0) is 14.8 Å². The highest BCUT2D eigenvalue weighted by Gasteiger charge is 2.28. The van der Waals surface area contributed by atoms with Crippen LogP contribution in [0.3, 0.4) is 0 Å². The van der Waals surface area contributed by atoms with Crippen LogP contribution >= 0.6 is 0 Å². The van der Waals surface area contributed by atoms with Crippen LogP contribution in [0.1, 0.15) is 34.0 Å². The van der Waals surface area contributed by atoms with Gasteiger partial charge < -0.3 is 9.47 Å². The van der Waals surface area contributed by atoms with E-state index in [2.05, 4.69) is 10.5 Å².